The van der Waals surface area contributed by atoms with E-state index in [1.165, 1.54) is 45.3 Å². The molecule has 1 aliphatic heterocycles. The highest BCUT2D eigenvalue weighted by atomic mass is 16.1. The van der Waals surface area contributed by atoms with Gasteiger partial charge in [0.2, 0.25) is 0 Å². The molecule has 0 saturated carbocycles. The maximum absolute atomic E-state index is 10.8. The van der Waals surface area contributed by atoms with Gasteiger partial charge in [-0.15, -0.1) is 0 Å². The van der Waals surface area contributed by atoms with Gasteiger partial charge in [-0.25, -0.2) is 0 Å². The number of hydrogen-bond donors (Lipinski definition) is 0. The van der Waals surface area contributed by atoms with Crippen LogP contribution in [0.5, 0.6) is 0 Å². The summed E-state index contributed by atoms with van der Waals surface area (Å²) in [4.78, 5) is 13.3. The van der Waals surface area contributed by atoms with Crippen molar-refractivity contribution in [3.05, 3.63) is 48.6 Å². The predicted molar refractivity (Wildman–Crippen MR) is 110 cm³/mol. The fourth-order valence-electron chi connectivity index (χ4n) is 2.59. The molecule has 1 heterocycles. The number of carbonyl (C=O) groups is 1. The number of unbranched alkanes of at least 4 members (excludes halogenated alkanes) is 4. The van der Waals surface area contributed by atoms with Crippen molar-refractivity contribution < 1.29 is 4.79 Å². The van der Waals surface area contributed by atoms with Gasteiger partial charge in [-0.3, -0.25) is 0 Å². The van der Waals surface area contributed by atoms with Crippen LogP contribution < -0.4 is 0 Å². The molecular weight excluding hydrogens is 306 g/mol. The van der Waals surface area contributed by atoms with Crippen molar-refractivity contribution in [3.63, 3.8) is 0 Å². The number of rotatable bonds is 16. The van der Waals surface area contributed by atoms with Crippen molar-refractivity contribution in [2.75, 3.05) is 19.6 Å². The van der Waals surface area contributed by atoms with Crippen LogP contribution in [0.15, 0.2) is 48.6 Å². The van der Waals surface area contributed by atoms with E-state index < -0.39 is 0 Å². The summed E-state index contributed by atoms with van der Waals surface area (Å²) in [6.07, 6.45) is 28.9. The van der Waals surface area contributed by atoms with Crippen LogP contribution in [0.25, 0.3) is 0 Å². The van der Waals surface area contributed by atoms with E-state index in [4.69, 9.17) is 0 Å². The molecule has 2 heteroatoms. The molecule has 1 saturated heterocycles. The maximum Gasteiger partial charge on any atom is 0.129 e. The zero-order valence-electron chi connectivity index (χ0n) is 16.2. The standard InChI is InChI=1S/C23H37NO/c1-23(25)19-17-15-13-11-9-7-5-3-2-4-6-8-10-12-14-16-18-20-24-21-22-24/h2,4-5,7-8,10-11,13H,3,6,9,12,14-22H2,1H3. The first-order valence-electron chi connectivity index (χ1n) is 10.1. The second-order valence-electron chi connectivity index (χ2n) is 6.88. The lowest BCUT2D eigenvalue weighted by Crippen LogP contribution is -1.97. The van der Waals surface area contributed by atoms with E-state index >= 15 is 0 Å². The Balaban J connectivity index is 1.82. The lowest BCUT2D eigenvalue weighted by Gasteiger charge is -1.98. The number of Topliss-reactive ketones (excluding diaryl/α,β-unsaturated/α-hetero) is 1. The van der Waals surface area contributed by atoms with Crippen molar-refractivity contribution in [1.82, 2.24) is 4.90 Å². The normalized spacial score (nSPS) is 15.4. The lowest BCUT2D eigenvalue weighted by molar-refractivity contribution is -0.117. The molecule has 0 spiro atoms. The third-order valence-electron chi connectivity index (χ3n) is 4.27. The Morgan fingerprint density at radius 3 is 1.76 bits per heavy atom. The van der Waals surface area contributed by atoms with Crippen molar-refractivity contribution in [1.29, 1.82) is 0 Å². The van der Waals surface area contributed by atoms with E-state index in [0.29, 0.717) is 6.42 Å². The smallest absolute Gasteiger partial charge is 0.129 e. The summed E-state index contributed by atoms with van der Waals surface area (Å²) in [5.74, 6) is 0.289. The fourth-order valence-corrected chi connectivity index (χ4v) is 2.59. The first-order valence-corrected chi connectivity index (χ1v) is 10.1. The summed E-state index contributed by atoms with van der Waals surface area (Å²) in [6, 6.07) is 0. The first-order chi connectivity index (χ1) is 12.3. The van der Waals surface area contributed by atoms with Crippen LogP contribution in [-0.4, -0.2) is 30.3 Å². The van der Waals surface area contributed by atoms with Crippen molar-refractivity contribution >= 4 is 5.78 Å². The molecule has 140 valence electrons. The summed E-state index contributed by atoms with van der Waals surface area (Å²) >= 11 is 0. The molecule has 0 atom stereocenters. The van der Waals surface area contributed by atoms with Gasteiger partial charge in [0.15, 0.2) is 0 Å². The van der Waals surface area contributed by atoms with E-state index in [0.717, 1.165) is 32.1 Å². The van der Waals surface area contributed by atoms with Crippen LogP contribution in [-0.2, 0) is 4.79 Å². The lowest BCUT2D eigenvalue weighted by atomic mass is 10.1. The van der Waals surface area contributed by atoms with Gasteiger partial charge in [0, 0.05) is 19.5 Å². The quantitative estimate of drug-likeness (QED) is 0.194. The van der Waals surface area contributed by atoms with Crippen LogP contribution in [0.4, 0.5) is 0 Å². The molecule has 0 N–H and O–H groups in total. The Morgan fingerprint density at radius 2 is 1.24 bits per heavy atom. The van der Waals surface area contributed by atoms with E-state index in [1.54, 1.807) is 6.92 Å². The molecule has 0 aliphatic carbocycles. The summed E-state index contributed by atoms with van der Waals surface area (Å²) in [5, 5.41) is 0. The minimum absolute atomic E-state index is 0.289. The molecule has 2 nitrogen and oxygen atoms in total. The first kappa shape index (κ1) is 21.6. The molecule has 1 aliphatic rings. The molecule has 0 unspecified atom stereocenters. The molecule has 0 radical (unpaired) electrons. The molecule has 0 aromatic carbocycles. The second kappa shape index (κ2) is 16.1. The Morgan fingerprint density at radius 1 is 0.720 bits per heavy atom. The van der Waals surface area contributed by atoms with Crippen LogP contribution in [0.2, 0.25) is 0 Å². The molecular formula is C23H37NO. The van der Waals surface area contributed by atoms with E-state index in [1.807, 2.05) is 0 Å². The van der Waals surface area contributed by atoms with Crippen LogP contribution in [0.3, 0.4) is 0 Å². The second-order valence-corrected chi connectivity index (χ2v) is 6.88. The number of hydrogen-bond acceptors (Lipinski definition) is 2. The fraction of sp³-hybridized carbons (Fsp3) is 0.609. The third kappa shape index (κ3) is 17.2. The highest BCUT2D eigenvalue weighted by Gasteiger charge is 2.14. The Labute approximate surface area is 155 Å². The molecule has 0 aromatic rings. The van der Waals surface area contributed by atoms with Crippen LogP contribution >= 0.6 is 0 Å². The minimum atomic E-state index is 0.289. The highest BCUT2D eigenvalue weighted by Crippen LogP contribution is 2.08. The molecule has 1 fully saturated rings. The van der Waals surface area contributed by atoms with E-state index in [9.17, 15) is 4.79 Å². The van der Waals surface area contributed by atoms with Gasteiger partial charge in [0.1, 0.15) is 5.78 Å². The molecule has 0 aromatic heterocycles. The summed E-state index contributed by atoms with van der Waals surface area (Å²) in [7, 11) is 0. The monoisotopic (exact) mass is 343 g/mol. The summed E-state index contributed by atoms with van der Waals surface area (Å²) in [5.41, 5.74) is 0. The van der Waals surface area contributed by atoms with Crippen LogP contribution in [0.1, 0.15) is 71.1 Å². The summed E-state index contributed by atoms with van der Waals surface area (Å²) in [6.45, 7) is 5.64. The number of ketones is 1. The largest absolute Gasteiger partial charge is 0.301 e. The zero-order chi connectivity index (χ0) is 18.0. The molecule has 0 bridgehead atoms. The Bertz CT molecular complexity index is 441. The van der Waals surface area contributed by atoms with Gasteiger partial charge < -0.3 is 9.69 Å². The predicted octanol–water partition coefficient (Wildman–Crippen LogP) is 6.02. The highest BCUT2D eigenvalue weighted by molar-refractivity contribution is 5.75. The SMILES string of the molecule is CC(=O)CCCC=CCC=CCC=CCC=CCCCCCN1CC1. The number of allylic oxidation sites excluding steroid dienone is 8. The van der Waals surface area contributed by atoms with Gasteiger partial charge in [0.05, 0.1) is 0 Å². The van der Waals surface area contributed by atoms with Crippen molar-refractivity contribution in [2.24, 2.45) is 0 Å². The third-order valence-corrected chi connectivity index (χ3v) is 4.27. The summed E-state index contributed by atoms with van der Waals surface area (Å²) < 4.78 is 0. The molecule has 1 rings (SSSR count). The average Bonchev–Trinajstić information content (AvgIpc) is 3.41. The van der Waals surface area contributed by atoms with Gasteiger partial charge >= 0.3 is 0 Å². The van der Waals surface area contributed by atoms with E-state index in [-0.39, 0.29) is 5.78 Å². The Hall–Kier alpha value is -1.41. The van der Waals surface area contributed by atoms with Crippen LogP contribution in [0, 0.1) is 0 Å². The average molecular weight is 344 g/mol. The minimum Gasteiger partial charge on any atom is -0.301 e. The topological polar surface area (TPSA) is 20.1 Å². The van der Waals surface area contributed by atoms with Gasteiger partial charge in [0.25, 0.3) is 0 Å². The maximum atomic E-state index is 10.8. The molecule has 0 amide bonds. The Kier molecular flexibility index (Phi) is 13.9. The van der Waals surface area contributed by atoms with E-state index in [2.05, 4.69) is 53.5 Å². The van der Waals surface area contributed by atoms with Gasteiger partial charge in [-0.2, -0.15) is 0 Å². The number of nitrogens with zero attached hydrogens (tertiary/aromatic N) is 1. The van der Waals surface area contributed by atoms with Crippen molar-refractivity contribution in [3.8, 4) is 0 Å². The number of carbonyl (C=O) groups excluding carboxylic acids is 1. The van der Waals surface area contributed by atoms with Gasteiger partial charge in [-0.05, 0) is 64.8 Å². The molecule has 25 heavy (non-hydrogen) atoms. The zero-order valence-corrected chi connectivity index (χ0v) is 16.2. The van der Waals surface area contributed by atoms with Gasteiger partial charge in [-0.1, -0.05) is 55.0 Å². The van der Waals surface area contributed by atoms with Crippen molar-refractivity contribution in [2.45, 2.75) is 71.1 Å².